The molecule has 14 heteroatoms. The molecule has 0 radical (unpaired) electrons. The Hall–Kier alpha value is -0.620. The van der Waals surface area contributed by atoms with E-state index in [4.69, 9.17) is 36.3 Å². The highest BCUT2D eigenvalue weighted by Crippen LogP contribution is 2.40. The van der Waals surface area contributed by atoms with Gasteiger partial charge in [0.25, 0.3) is 0 Å². The maximum absolute atomic E-state index is 14.1. The van der Waals surface area contributed by atoms with Crippen LogP contribution in [0.4, 0.5) is 0 Å². The average Bonchev–Trinajstić information content (AvgIpc) is 3.02. The number of nitrogens with one attached hydrogen (secondary N) is 1. The number of ether oxygens (including phenoxy) is 5. The molecule has 2 unspecified atom stereocenters. The molecule has 0 aromatic rings. The van der Waals surface area contributed by atoms with Gasteiger partial charge in [0.05, 0.1) is 42.0 Å². The molecule has 18 atom stereocenters. The highest BCUT2D eigenvalue weighted by molar-refractivity contribution is 7.81. The van der Waals surface area contributed by atoms with E-state index in [0.29, 0.717) is 13.0 Å². The van der Waals surface area contributed by atoms with Crippen LogP contribution in [0.3, 0.4) is 0 Å². The van der Waals surface area contributed by atoms with Crippen molar-refractivity contribution in [3.63, 3.8) is 0 Å². The Bertz CT molecular complexity index is 1100. The lowest BCUT2D eigenvalue weighted by Crippen LogP contribution is -2.60. The molecule has 3 rings (SSSR count). The molecule has 0 aromatic heterocycles. The van der Waals surface area contributed by atoms with Crippen molar-refractivity contribution in [2.24, 2.45) is 17.8 Å². The normalized spacial score (nSPS) is 51.0. The number of aliphatic hydroxyl groups is 5. The van der Waals surface area contributed by atoms with Crippen LogP contribution in [0.15, 0.2) is 0 Å². The van der Waals surface area contributed by atoms with Crippen molar-refractivity contribution in [1.82, 2.24) is 10.2 Å². The molecule has 0 aliphatic carbocycles. The van der Waals surface area contributed by atoms with Gasteiger partial charge in [-0.05, 0) is 87.7 Å². The van der Waals surface area contributed by atoms with Crippen molar-refractivity contribution in [3.8, 4) is 0 Å². The maximum atomic E-state index is 14.1. The summed E-state index contributed by atoms with van der Waals surface area (Å²) >= 11 is 4.71. The molecule has 13 nitrogen and oxygen atoms in total. The van der Waals surface area contributed by atoms with Gasteiger partial charge in [0, 0.05) is 35.7 Å². The molecule has 0 bridgehead atoms. The zero-order chi connectivity index (χ0) is 38.1. The predicted molar refractivity (Wildman–Crippen MR) is 192 cm³/mol. The highest BCUT2D eigenvalue weighted by atomic mass is 32.1. The summed E-state index contributed by atoms with van der Waals surface area (Å²) < 4.78 is 30.7. The van der Waals surface area contributed by atoms with Crippen LogP contribution in [-0.4, -0.2) is 146 Å². The van der Waals surface area contributed by atoms with Gasteiger partial charge in [0.1, 0.15) is 23.9 Å². The van der Waals surface area contributed by atoms with Gasteiger partial charge < -0.3 is 59.4 Å². The predicted octanol–water partition coefficient (Wildman–Crippen LogP) is 1.84. The lowest BCUT2D eigenvalue weighted by Gasteiger charge is -2.48. The van der Waals surface area contributed by atoms with E-state index in [9.17, 15) is 30.3 Å². The smallest absolute Gasteiger partial charge is 0.311 e. The molecular formula is C36H68N2O11S. The number of likely N-dealkylation sites (N-methyl/N-ethyl adjacent to an activating group) is 2. The van der Waals surface area contributed by atoms with Crippen molar-refractivity contribution in [2.45, 2.75) is 184 Å². The summed E-state index contributed by atoms with van der Waals surface area (Å²) in [6.07, 6.45) is -7.93. The first-order valence-electron chi connectivity index (χ1n) is 18.4. The topological polar surface area (TPSA) is 180 Å². The third kappa shape index (κ3) is 9.92. The van der Waals surface area contributed by atoms with Crippen LogP contribution in [0.5, 0.6) is 0 Å². The van der Waals surface area contributed by atoms with Gasteiger partial charge >= 0.3 is 5.97 Å². The first kappa shape index (κ1) is 43.8. The molecule has 50 heavy (non-hydrogen) atoms. The van der Waals surface area contributed by atoms with Gasteiger partial charge in [-0.1, -0.05) is 20.8 Å². The fourth-order valence-corrected chi connectivity index (χ4v) is 8.71. The van der Waals surface area contributed by atoms with Crippen LogP contribution >= 0.6 is 12.6 Å². The Labute approximate surface area is 305 Å². The fraction of sp³-hybridized carbons (Fsp3) is 0.972. The van der Waals surface area contributed by atoms with Crippen molar-refractivity contribution in [1.29, 1.82) is 0 Å². The quantitative estimate of drug-likeness (QED) is 0.155. The van der Waals surface area contributed by atoms with Crippen LogP contribution in [0.2, 0.25) is 0 Å². The molecule has 3 saturated heterocycles. The number of hydrogen-bond donors (Lipinski definition) is 7. The molecule has 0 aromatic carbocycles. The van der Waals surface area contributed by atoms with Crippen LogP contribution < -0.4 is 5.32 Å². The third-order valence-corrected chi connectivity index (χ3v) is 11.9. The van der Waals surface area contributed by atoms with Gasteiger partial charge in [0.2, 0.25) is 0 Å². The molecule has 3 heterocycles. The van der Waals surface area contributed by atoms with Crippen molar-refractivity contribution < 1.29 is 54.0 Å². The van der Waals surface area contributed by atoms with Gasteiger partial charge in [-0.3, -0.25) is 4.79 Å². The number of carbonyl (C=O) groups excluding carboxylic acids is 1. The summed E-state index contributed by atoms with van der Waals surface area (Å²) in [6.45, 7) is 18.1. The minimum Gasteiger partial charge on any atom is -0.459 e. The Kier molecular flexibility index (Phi) is 15.1. The lowest BCUT2D eigenvalue weighted by molar-refractivity contribution is -0.305. The van der Waals surface area contributed by atoms with Crippen molar-refractivity contribution in [3.05, 3.63) is 0 Å². The Morgan fingerprint density at radius 2 is 1.60 bits per heavy atom. The highest BCUT2D eigenvalue weighted by Gasteiger charge is 2.52. The van der Waals surface area contributed by atoms with E-state index >= 15 is 0 Å². The molecule has 0 amide bonds. The summed E-state index contributed by atoms with van der Waals surface area (Å²) in [5.41, 5.74) is -3.33. The van der Waals surface area contributed by atoms with E-state index in [1.807, 2.05) is 32.7 Å². The largest absolute Gasteiger partial charge is 0.459 e. The molecule has 0 saturated carbocycles. The first-order chi connectivity index (χ1) is 23.0. The summed E-state index contributed by atoms with van der Waals surface area (Å²) in [6, 6.07) is -0.847. The van der Waals surface area contributed by atoms with E-state index in [-0.39, 0.29) is 37.3 Å². The standard InChI is InChI=1S/C36H68N2O11S/c1-13-25-36(10,44)29(40)22(6)38(12)17-18(2)15-34(8,43)31(49-33-27(39)24(37-11)14-19(3)45-33)20(4)28(21(5)32(42)47-25)48-26-16-35(9,50)30(41)23(7)46-26/h18-31,33,37,39-41,43-44,50H,13-17H2,1-12H3/t18-,19-,20+,21-,22-,23+,24?,25-,26+,27-,28+,29-,30+,31-,33?,34-,35-,36-/m1/s1. The summed E-state index contributed by atoms with van der Waals surface area (Å²) in [5, 5.41) is 60.7. The summed E-state index contributed by atoms with van der Waals surface area (Å²) in [5.74, 6) is -2.54. The second kappa shape index (κ2) is 17.2. The van der Waals surface area contributed by atoms with Crippen molar-refractivity contribution >= 4 is 18.6 Å². The zero-order valence-electron chi connectivity index (χ0n) is 32.3. The molecule has 3 fully saturated rings. The van der Waals surface area contributed by atoms with E-state index in [1.165, 1.54) is 6.92 Å². The first-order valence-corrected chi connectivity index (χ1v) is 18.8. The molecule has 3 aliphatic heterocycles. The van der Waals surface area contributed by atoms with Gasteiger partial charge in [0.15, 0.2) is 12.6 Å². The number of aliphatic hydroxyl groups excluding tert-OH is 3. The van der Waals surface area contributed by atoms with E-state index in [0.717, 1.165) is 0 Å². The minimum absolute atomic E-state index is 0.134. The SMILES string of the molecule is CC[C@H]1OC(=O)[C@H](C)[C@@H](O[C@H]2C[C@@](C)(S)[C@@H](O)[C@H](C)O2)[C@H](C)[C@@H](OC2O[C@H](C)CC(NC)[C@H]2O)[C@](C)(O)C[C@@H](C)CN(C)[C@H](C)[C@@H](O)[C@]1(C)O. The minimum atomic E-state index is -1.79. The van der Waals surface area contributed by atoms with Crippen molar-refractivity contribution in [2.75, 3.05) is 20.6 Å². The molecule has 0 spiro atoms. The van der Waals surface area contributed by atoms with Crippen LogP contribution in [0.25, 0.3) is 0 Å². The monoisotopic (exact) mass is 736 g/mol. The number of esters is 1. The third-order valence-electron chi connectivity index (χ3n) is 11.5. The summed E-state index contributed by atoms with van der Waals surface area (Å²) in [7, 11) is 3.60. The molecule has 294 valence electrons. The van der Waals surface area contributed by atoms with E-state index < -0.39 is 95.1 Å². The molecule has 3 aliphatic rings. The molecular weight excluding hydrogens is 668 g/mol. The second-order valence-corrected chi connectivity index (χ2v) is 17.4. The van der Waals surface area contributed by atoms with Gasteiger partial charge in [-0.25, -0.2) is 0 Å². The number of rotatable bonds is 6. The second-order valence-electron chi connectivity index (χ2n) is 16.4. The average molecular weight is 737 g/mol. The van der Waals surface area contributed by atoms with Crippen LogP contribution in [0, 0.1) is 17.8 Å². The Balaban J connectivity index is 2.15. The summed E-state index contributed by atoms with van der Waals surface area (Å²) in [4.78, 5) is 16.0. The zero-order valence-corrected chi connectivity index (χ0v) is 33.2. The Morgan fingerprint density at radius 1 is 0.980 bits per heavy atom. The number of nitrogens with zero attached hydrogens (tertiary/aromatic N) is 1. The van der Waals surface area contributed by atoms with Crippen LogP contribution in [0.1, 0.15) is 94.9 Å². The van der Waals surface area contributed by atoms with E-state index in [2.05, 4.69) is 5.32 Å². The van der Waals surface area contributed by atoms with Gasteiger partial charge in [-0.15, -0.1) is 0 Å². The van der Waals surface area contributed by atoms with Crippen LogP contribution in [-0.2, 0) is 28.5 Å². The maximum Gasteiger partial charge on any atom is 0.311 e. The number of cyclic esters (lactones) is 1. The number of thiol groups is 1. The Morgan fingerprint density at radius 3 is 2.16 bits per heavy atom. The van der Waals surface area contributed by atoms with Gasteiger partial charge in [-0.2, -0.15) is 12.6 Å². The number of hydrogen-bond acceptors (Lipinski definition) is 14. The molecule has 6 N–H and O–H groups in total. The number of carbonyl (C=O) groups is 1. The lowest BCUT2D eigenvalue weighted by atomic mass is 9.77. The van der Waals surface area contributed by atoms with E-state index in [1.54, 1.807) is 48.6 Å². The fourth-order valence-electron chi connectivity index (χ4n) is 8.35.